The summed E-state index contributed by atoms with van der Waals surface area (Å²) in [6.45, 7) is 1.94. The van der Waals surface area contributed by atoms with Crippen LogP contribution < -0.4 is 4.90 Å². The maximum absolute atomic E-state index is 13.3. The minimum absolute atomic E-state index is 0.217. The average Bonchev–Trinajstić information content (AvgIpc) is 2.67. The number of rotatable bonds is 4. The molecule has 5 nitrogen and oxygen atoms in total. The lowest BCUT2D eigenvalue weighted by molar-refractivity contribution is 0.0980. The molecule has 0 aliphatic rings. The van der Waals surface area contributed by atoms with Gasteiger partial charge in [-0.25, -0.2) is 9.37 Å². The fraction of sp³-hybridized carbons (Fsp3) is 0.100. The van der Waals surface area contributed by atoms with Gasteiger partial charge in [-0.05, 0) is 55.0 Å². The first-order valence-electron chi connectivity index (χ1n) is 7.92. The van der Waals surface area contributed by atoms with E-state index in [9.17, 15) is 9.18 Å². The van der Waals surface area contributed by atoms with E-state index in [0.717, 1.165) is 5.56 Å². The summed E-state index contributed by atoms with van der Waals surface area (Å²) in [5.41, 5.74) is 2.50. The molecule has 3 aromatic rings. The van der Waals surface area contributed by atoms with Gasteiger partial charge in [0.25, 0.3) is 5.91 Å². The maximum atomic E-state index is 13.3. The number of benzene rings is 1. The number of aryl methyl sites for hydroxylation is 1. The summed E-state index contributed by atoms with van der Waals surface area (Å²) in [5, 5.41) is 9.03. The highest BCUT2D eigenvalue weighted by Crippen LogP contribution is 2.20. The molecule has 0 saturated carbocycles. The Kier molecular flexibility index (Phi) is 4.99. The van der Waals surface area contributed by atoms with Crippen molar-refractivity contribution >= 4 is 11.6 Å². The van der Waals surface area contributed by atoms with Crippen LogP contribution in [0.4, 0.5) is 10.1 Å². The van der Waals surface area contributed by atoms with E-state index < -0.39 is 0 Å². The van der Waals surface area contributed by atoms with Gasteiger partial charge in [0.15, 0.2) is 0 Å². The fourth-order valence-electron chi connectivity index (χ4n) is 2.51. The third kappa shape index (κ3) is 3.73. The number of hydrogen-bond donors (Lipinski definition) is 0. The van der Waals surface area contributed by atoms with E-state index in [1.54, 1.807) is 43.6 Å². The van der Waals surface area contributed by atoms with E-state index in [1.807, 2.05) is 12.1 Å². The first-order valence-corrected chi connectivity index (χ1v) is 7.92. The molecule has 2 aromatic heterocycles. The number of carbonyl (C=O) groups excluding carboxylic acids is 1. The van der Waals surface area contributed by atoms with Crippen molar-refractivity contribution < 1.29 is 9.18 Å². The van der Waals surface area contributed by atoms with Crippen LogP contribution >= 0.6 is 0 Å². The topological polar surface area (TPSA) is 69.9 Å². The lowest BCUT2D eigenvalue weighted by Gasteiger charge is -2.23. The zero-order chi connectivity index (χ0) is 18.5. The first-order chi connectivity index (χ1) is 12.6. The Bertz CT molecular complexity index is 965. The smallest absolute Gasteiger partial charge is 0.277 e. The van der Waals surface area contributed by atoms with Gasteiger partial charge in [0.2, 0.25) is 0 Å². The summed E-state index contributed by atoms with van der Waals surface area (Å²) in [6, 6.07) is 14.5. The highest BCUT2D eigenvalue weighted by molar-refractivity contribution is 6.04. The van der Waals surface area contributed by atoms with E-state index in [0.29, 0.717) is 16.9 Å². The normalized spacial score (nSPS) is 10.2. The first kappa shape index (κ1) is 17.2. The van der Waals surface area contributed by atoms with Crippen LogP contribution in [0.15, 0.2) is 60.9 Å². The molecule has 0 aliphatic heterocycles. The van der Waals surface area contributed by atoms with Gasteiger partial charge in [-0.2, -0.15) is 5.26 Å². The molecule has 1 amide bonds. The minimum atomic E-state index is -0.380. The van der Waals surface area contributed by atoms with Crippen LogP contribution in [0.25, 0.3) is 0 Å². The van der Waals surface area contributed by atoms with Crippen molar-refractivity contribution in [3.05, 3.63) is 89.3 Å². The van der Waals surface area contributed by atoms with Gasteiger partial charge in [0.05, 0.1) is 17.8 Å². The van der Waals surface area contributed by atoms with Crippen molar-refractivity contribution in [3.63, 3.8) is 0 Å². The van der Waals surface area contributed by atoms with Gasteiger partial charge in [0.1, 0.15) is 17.6 Å². The number of nitriles is 1. The number of halogens is 1. The van der Waals surface area contributed by atoms with E-state index in [1.165, 1.54) is 23.1 Å². The predicted octanol–water partition coefficient (Wildman–Crippen LogP) is 3.64. The van der Waals surface area contributed by atoms with Crippen LogP contribution in [0.2, 0.25) is 0 Å². The molecule has 0 radical (unpaired) electrons. The second-order valence-electron chi connectivity index (χ2n) is 5.67. The predicted molar refractivity (Wildman–Crippen MR) is 94.8 cm³/mol. The molecule has 0 N–H and O–H groups in total. The average molecular weight is 346 g/mol. The Morgan fingerprint density at radius 3 is 2.58 bits per heavy atom. The van der Waals surface area contributed by atoms with Gasteiger partial charge < -0.3 is 4.90 Å². The Labute approximate surface area is 150 Å². The summed E-state index contributed by atoms with van der Waals surface area (Å²) in [5.74, 6) is -0.720. The summed E-state index contributed by atoms with van der Waals surface area (Å²) in [7, 11) is 0. The number of pyridine rings is 2. The van der Waals surface area contributed by atoms with Crippen molar-refractivity contribution in [1.29, 1.82) is 5.26 Å². The maximum Gasteiger partial charge on any atom is 0.277 e. The monoisotopic (exact) mass is 346 g/mol. The molecule has 0 aliphatic carbocycles. The Morgan fingerprint density at radius 2 is 1.96 bits per heavy atom. The fourth-order valence-corrected chi connectivity index (χ4v) is 2.51. The summed E-state index contributed by atoms with van der Waals surface area (Å²) in [6.07, 6.45) is 3.32. The van der Waals surface area contributed by atoms with Crippen molar-refractivity contribution in [2.24, 2.45) is 0 Å². The van der Waals surface area contributed by atoms with Crippen molar-refractivity contribution in [2.75, 3.05) is 4.90 Å². The molecule has 0 atom stereocenters. The molecule has 0 saturated heterocycles. The van der Waals surface area contributed by atoms with Crippen LogP contribution in [-0.2, 0) is 6.54 Å². The van der Waals surface area contributed by atoms with Gasteiger partial charge >= 0.3 is 0 Å². The minimum Gasteiger partial charge on any atom is -0.303 e. The highest BCUT2D eigenvalue weighted by atomic mass is 19.1. The summed E-state index contributed by atoms with van der Waals surface area (Å²) >= 11 is 0. The third-order valence-electron chi connectivity index (χ3n) is 3.87. The van der Waals surface area contributed by atoms with Gasteiger partial charge in [-0.3, -0.25) is 9.78 Å². The second kappa shape index (κ2) is 7.53. The van der Waals surface area contributed by atoms with Gasteiger partial charge in [0, 0.05) is 18.1 Å². The zero-order valence-corrected chi connectivity index (χ0v) is 14.1. The molecule has 6 heteroatoms. The molecule has 3 rings (SSSR count). The molecular weight excluding hydrogens is 331 g/mol. The quantitative estimate of drug-likeness (QED) is 0.723. The molecule has 0 spiro atoms. The standard InChI is InChI=1S/C20H15FN4O/c1-14-16(11-22)4-9-19(24-14)20(26)25(13-15-3-2-10-23-12-15)18-7-5-17(21)6-8-18/h2-10,12H,13H2,1H3. The third-order valence-corrected chi connectivity index (χ3v) is 3.87. The number of amides is 1. The zero-order valence-electron chi connectivity index (χ0n) is 14.1. The molecule has 1 aromatic carbocycles. The summed E-state index contributed by atoms with van der Waals surface area (Å²) in [4.78, 5) is 22.9. The Morgan fingerprint density at radius 1 is 1.19 bits per heavy atom. The van der Waals surface area contributed by atoms with Gasteiger partial charge in [-0.15, -0.1) is 0 Å². The van der Waals surface area contributed by atoms with E-state index in [4.69, 9.17) is 5.26 Å². The molecule has 0 bridgehead atoms. The van der Waals surface area contributed by atoms with E-state index in [-0.39, 0.29) is 24.0 Å². The van der Waals surface area contributed by atoms with E-state index in [2.05, 4.69) is 9.97 Å². The Hall–Kier alpha value is -3.59. The lowest BCUT2D eigenvalue weighted by Crippen LogP contribution is -2.31. The highest BCUT2D eigenvalue weighted by Gasteiger charge is 2.20. The van der Waals surface area contributed by atoms with Crippen LogP contribution in [-0.4, -0.2) is 15.9 Å². The van der Waals surface area contributed by atoms with Crippen LogP contribution in [0.1, 0.15) is 27.3 Å². The van der Waals surface area contributed by atoms with Gasteiger partial charge in [-0.1, -0.05) is 6.07 Å². The molecule has 128 valence electrons. The van der Waals surface area contributed by atoms with Crippen LogP contribution in [0, 0.1) is 24.1 Å². The molecule has 2 heterocycles. The van der Waals surface area contributed by atoms with E-state index >= 15 is 0 Å². The number of aromatic nitrogens is 2. The molecule has 0 unspecified atom stereocenters. The van der Waals surface area contributed by atoms with Crippen LogP contribution in [0.5, 0.6) is 0 Å². The lowest BCUT2D eigenvalue weighted by atomic mass is 10.1. The molecule has 0 fully saturated rings. The van der Waals surface area contributed by atoms with Crippen molar-refractivity contribution in [1.82, 2.24) is 9.97 Å². The molecular formula is C20H15FN4O. The van der Waals surface area contributed by atoms with Crippen LogP contribution in [0.3, 0.4) is 0 Å². The second-order valence-corrected chi connectivity index (χ2v) is 5.67. The van der Waals surface area contributed by atoms with Crippen molar-refractivity contribution in [3.8, 4) is 6.07 Å². The SMILES string of the molecule is Cc1nc(C(=O)N(Cc2cccnc2)c2ccc(F)cc2)ccc1C#N. The largest absolute Gasteiger partial charge is 0.303 e. The number of hydrogen-bond acceptors (Lipinski definition) is 4. The number of anilines is 1. The van der Waals surface area contributed by atoms with Crippen molar-refractivity contribution in [2.45, 2.75) is 13.5 Å². The molecule has 26 heavy (non-hydrogen) atoms. The number of carbonyl (C=O) groups is 1. The summed E-state index contributed by atoms with van der Waals surface area (Å²) < 4.78 is 13.3. The Balaban J connectivity index is 1.99. The number of nitrogens with zero attached hydrogens (tertiary/aromatic N) is 4.